The van der Waals surface area contributed by atoms with Crippen molar-refractivity contribution in [2.75, 3.05) is 17.1 Å². The molecule has 0 aliphatic carbocycles. The molecule has 0 heterocycles. The molecule has 0 radical (unpaired) electrons. The predicted molar refractivity (Wildman–Crippen MR) is 141 cm³/mol. The third kappa shape index (κ3) is 7.34. The fourth-order valence-electron chi connectivity index (χ4n) is 3.15. The van der Waals surface area contributed by atoms with Crippen molar-refractivity contribution < 1.29 is 18.0 Å². The standard InChI is InChI=1S/C23H28BrCl2N3O4S/c1-5-15(2)27-23(31)16(3)28(13-17-19(25)10-8-11-20(17)26)22(30)14-29(34(4,32)33)21-12-7-6-9-18(21)24/h6-12,15-16H,5,13-14H2,1-4H3,(H,27,31)/t15-,16-/m1/s1. The smallest absolute Gasteiger partial charge is 0.244 e. The number of rotatable bonds is 10. The Bertz CT molecular complexity index is 1130. The first kappa shape index (κ1) is 28.4. The van der Waals surface area contributed by atoms with Gasteiger partial charge in [0, 0.05) is 32.7 Å². The number of nitrogens with one attached hydrogen (secondary N) is 1. The highest BCUT2D eigenvalue weighted by atomic mass is 79.9. The number of benzene rings is 2. The van der Waals surface area contributed by atoms with Crippen molar-refractivity contribution >= 4 is 66.7 Å². The molecule has 0 spiro atoms. The Balaban J connectivity index is 2.46. The van der Waals surface area contributed by atoms with Gasteiger partial charge >= 0.3 is 0 Å². The van der Waals surface area contributed by atoms with E-state index >= 15 is 0 Å². The first-order valence-corrected chi connectivity index (χ1v) is 14.0. The average Bonchev–Trinajstić information content (AvgIpc) is 2.76. The lowest BCUT2D eigenvalue weighted by Crippen LogP contribution is -2.52. The molecule has 1 N–H and O–H groups in total. The van der Waals surface area contributed by atoms with Crippen LogP contribution in [0.5, 0.6) is 0 Å². The van der Waals surface area contributed by atoms with Gasteiger partial charge in [0.05, 0.1) is 11.9 Å². The maximum absolute atomic E-state index is 13.6. The topological polar surface area (TPSA) is 86.8 Å². The lowest BCUT2D eigenvalue weighted by Gasteiger charge is -2.32. The summed E-state index contributed by atoms with van der Waals surface area (Å²) in [6, 6.07) is 10.6. The van der Waals surface area contributed by atoms with Crippen LogP contribution < -0.4 is 9.62 Å². The predicted octanol–water partition coefficient (Wildman–Crippen LogP) is 4.85. The zero-order valence-electron chi connectivity index (χ0n) is 19.4. The average molecular weight is 593 g/mol. The lowest BCUT2D eigenvalue weighted by atomic mass is 10.1. The van der Waals surface area contributed by atoms with Gasteiger partial charge in [-0.2, -0.15) is 0 Å². The van der Waals surface area contributed by atoms with Crippen molar-refractivity contribution in [2.45, 2.75) is 45.8 Å². The zero-order chi connectivity index (χ0) is 25.6. The van der Waals surface area contributed by atoms with Gasteiger partial charge in [-0.05, 0) is 60.5 Å². The van der Waals surface area contributed by atoms with Crippen LogP contribution in [-0.4, -0.2) is 50.0 Å². The zero-order valence-corrected chi connectivity index (χ0v) is 23.3. The van der Waals surface area contributed by atoms with E-state index in [4.69, 9.17) is 23.2 Å². The summed E-state index contributed by atoms with van der Waals surface area (Å²) >= 11 is 16.0. The molecule has 0 aliphatic rings. The van der Waals surface area contributed by atoms with E-state index in [1.807, 2.05) is 13.8 Å². The third-order valence-corrected chi connectivity index (χ3v) is 7.86. The van der Waals surface area contributed by atoms with Crippen molar-refractivity contribution in [2.24, 2.45) is 0 Å². The van der Waals surface area contributed by atoms with Crippen LogP contribution in [0.15, 0.2) is 46.9 Å². The van der Waals surface area contributed by atoms with E-state index in [1.54, 1.807) is 49.4 Å². The quantitative estimate of drug-likeness (QED) is 0.427. The van der Waals surface area contributed by atoms with E-state index in [0.717, 1.165) is 10.6 Å². The molecular formula is C23H28BrCl2N3O4S. The number of para-hydroxylation sites is 1. The second-order valence-electron chi connectivity index (χ2n) is 7.94. The highest BCUT2D eigenvalue weighted by Gasteiger charge is 2.31. The second kappa shape index (κ2) is 12.2. The number of anilines is 1. The Morgan fingerprint density at radius 1 is 1.06 bits per heavy atom. The van der Waals surface area contributed by atoms with Crippen LogP contribution in [0.3, 0.4) is 0 Å². The highest BCUT2D eigenvalue weighted by Crippen LogP contribution is 2.29. The second-order valence-corrected chi connectivity index (χ2v) is 11.5. The van der Waals surface area contributed by atoms with E-state index in [0.29, 0.717) is 32.2 Å². The molecule has 2 aromatic carbocycles. The SMILES string of the molecule is CC[C@@H](C)NC(=O)[C@@H](C)N(Cc1c(Cl)cccc1Cl)C(=O)CN(c1ccccc1Br)S(C)(=O)=O. The van der Waals surface area contributed by atoms with Gasteiger partial charge in [0.15, 0.2) is 0 Å². The van der Waals surface area contributed by atoms with Crippen LogP contribution in [0.2, 0.25) is 10.0 Å². The Labute approximate surface area is 219 Å². The molecule has 0 bridgehead atoms. The summed E-state index contributed by atoms with van der Waals surface area (Å²) in [5, 5.41) is 3.54. The molecule has 0 aliphatic heterocycles. The number of carbonyl (C=O) groups excluding carboxylic acids is 2. The van der Waals surface area contributed by atoms with E-state index in [9.17, 15) is 18.0 Å². The molecule has 34 heavy (non-hydrogen) atoms. The minimum atomic E-state index is -3.82. The number of sulfonamides is 1. The van der Waals surface area contributed by atoms with Gasteiger partial charge in [-0.15, -0.1) is 0 Å². The summed E-state index contributed by atoms with van der Waals surface area (Å²) in [5.74, 6) is -0.943. The molecule has 2 atom stereocenters. The van der Waals surface area contributed by atoms with Gasteiger partial charge in [-0.25, -0.2) is 8.42 Å². The molecule has 2 aromatic rings. The number of nitrogens with zero attached hydrogens (tertiary/aromatic N) is 2. The number of hydrogen-bond donors (Lipinski definition) is 1. The number of amides is 2. The van der Waals surface area contributed by atoms with Gasteiger partial charge in [0.1, 0.15) is 12.6 Å². The number of hydrogen-bond acceptors (Lipinski definition) is 4. The molecule has 0 saturated carbocycles. The Morgan fingerprint density at radius 2 is 1.65 bits per heavy atom. The van der Waals surface area contributed by atoms with E-state index in [-0.39, 0.29) is 18.5 Å². The van der Waals surface area contributed by atoms with Crippen LogP contribution in [0, 0.1) is 0 Å². The summed E-state index contributed by atoms with van der Waals surface area (Å²) in [4.78, 5) is 27.8. The summed E-state index contributed by atoms with van der Waals surface area (Å²) in [7, 11) is -3.82. The van der Waals surface area contributed by atoms with E-state index in [2.05, 4.69) is 21.2 Å². The van der Waals surface area contributed by atoms with Crippen molar-refractivity contribution in [1.29, 1.82) is 0 Å². The lowest BCUT2D eigenvalue weighted by molar-refractivity contribution is -0.139. The normalized spacial score (nSPS) is 13.1. The van der Waals surface area contributed by atoms with Crippen LogP contribution in [0.1, 0.15) is 32.8 Å². The molecule has 186 valence electrons. The Morgan fingerprint density at radius 3 is 2.18 bits per heavy atom. The van der Waals surface area contributed by atoms with Crippen LogP contribution in [0.25, 0.3) is 0 Å². The van der Waals surface area contributed by atoms with Crippen molar-refractivity contribution in [3.63, 3.8) is 0 Å². The Hall–Kier alpha value is -1.81. The van der Waals surface area contributed by atoms with Crippen LogP contribution in [0.4, 0.5) is 5.69 Å². The molecule has 7 nitrogen and oxygen atoms in total. The molecule has 0 aromatic heterocycles. The monoisotopic (exact) mass is 591 g/mol. The number of carbonyl (C=O) groups is 2. The molecule has 0 fully saturated rings. The van der Waals surface area contributed by atoms with E-state index in [1.165, 1.54) is 4.90 Å². The Kier molecular flexibility index (Phi) is 10.2. The highest BCUT2D eigenvalue weighted by molar-refractivity contribution is 9.10. The number of halogens is 3. The van der Waals surface area contributed by atoms with E-state index < -0.39 is 28.5 Å². The molecular weight excluding hydrogens is 565 g/mol. The van der Waals surface area contributed by atoms with Gasteiger partial charge < -0.3 is 10.2 Å². The molecule has 2 amide bonds. The molecule has 0 saturated heterocycles. The van der Waals surface area contributed by atoms with Crippen molar-refractivity contribution in [1.82, 2.24) is 10.2 Å². The minimum absolute atomic E-state index is 0.0695. The fraction of sp³-hybridized carbons (Fsp3) is 0.391. The fourth-order valence-corrected chi connectivity index (χ4v) is 5.15. The van der Waals surface area contributed by atoms with Crippen molar-refractivity contribution in [3.8, 4) is 0 Å². The van der Waals surface area contributed by atoms with Crippen LogP contribution >= 0.6 is 39.1 Å². The van der Waals surface area contributed by atoms with Gasteiger partial charge in [-0.3, -0.25) is 13.9 Å². The summed E-state index contributed by atoms with van der Waals surface area (Å²) < 4.78 is 26.7. The third-order valence-electron chi connectivity index (χ3n) is 5.36. The first-order valence-electron chi connectivity index (χ1n) is 10.6. The largest absolute Gasteiger partial charge is 0.352 e. The summed E-state index contributed by atoms with van der Waals surface area (Å²) in [6.07, 6.45) is 1.74. The van der Waals surface area contributed by atoms with Crippen molar-refractivity contribution in [3.05, 3.63) is 62.5 Å². The molecule has 11 heteroatoms. The first-order chi connectivity index (χ1) is 15.9. The molecule has 2 rings (SSSR count). The molecule has 0 unspecified atom stereocenters. The van der Waals surface area contributed by atoms with Gasteiger partial charge in [0.2, 0.25) is 21.8 Å². The van der Waals surface area contributed by atoms with Crippen LogP contribution in [-0.2, 0) is 26.2 Å². The maximum Gasteiger partial charge on any atom is 0.244 e. The van der Waals surface area contributed by atoms with Gasteiger partial charge in [0.25, 0.3) is 0 Å². The minimum Gasteiger partial charge on any atom is -0.352 e. The summed E-state index contributed by atoms with van der Waals surface area (Å²) in [6.45, 7) is 4.80. The maximum atomic E-state index is 13.6. The summed E-state index contributed by atoms with van der Waals surface area (Å²) in [5.41, 5.74) is 0.778. The van der Waals surface area contributed by atoms with Gasteiger partial charge in [-0.1, -0.05) is 48.3 Å².